The van der Waals surface area contributed by atoms with Gasteiger partial charge in [-0.05, 0) is 36.6 Å². The van der Waals surface area contributed by atoms with Gasteiger partial charge >= 0.3 is 0 Å². The van der Waals surface area contributed by atoms with E-state index in [2.05, 4.69) is 15.0 Å². The van der Waals surface area contributed by atoms with Crippen molar-refractivity contribution in [3.63, 3.8) is 0 Å². The third-order valence-electron chi connectivity index (χ3n) is 5.43. The minimum absolute atomic E-state index is 0.121. The highest BCUT2D eigenvalue weighted by Crippen LogP contribution is 2.23. The molecule has 1 fully saturated rings. The SMILES string of the molecule is CN(C(=O)c1ccc(Cc2nccc3[nH]cnc23)cc1)C1CCCCC1. The topological polar surface area (TPSA) is 61.9 Å². The molecule has 1 amide bonds. The Morgan fingerprint density at radius 3 is 2.65 bits per heavy atom. The Balaban J connectivity index is 1.48. The molecule has 26 heavy (non-hydrogen) atoms. The molecule has 1 aliphatic rings. The Labute approximate surface area is 153 Å². The normalized spacial score (nSPS) is 15.3. The molecule has 4 rings (SSSR count). The van der Waals surface area contributed by atoms with Crippen molar-refractivity contribution in [3.8, 4) is 0 Å². The van der Waals surface area contributed by atoms with Gasteiger partial charge in [-0.3, -0.25) is 9.78 Å². The molecule has 0 unspecified atom stereocenters. The molecule has 0 spiro atoms. The van der Waals surface area contributed by atoms with Crippen LogP contribution in [0.2, 0.25) is 0 Å². The highest BCUT2D eigenvalue weighted by atomic mass is 16.2. The van der Waals surface area contributed by atoms with Crippen molar-refractivity contribution in [3.05, 3.63) is 59.7 Å². The Bertz CT molecular complexity index is 894. The molecule has 2 aromatic heterocycles. The summed E-state index contributed by atoms with van der Waals surface area (Å²) < 4.78 is 0. The second kappa shape index (κ2) is 7.28. The molecule has 134 valence electrons. The van der Waals surface area contributed by atoms with E-state index in [4.69, 9.17) is 0 Å². The highest BCUT2D eigenvalue weighted by Gasteiger charge is 2.22. The van der Waals surface area contributed by atoms with Crippen molar-refractivity contribution >= 4 is 16.9 Å². The monoisotopic (exact) mass is 348 g/mol. The van der Waals surface area contributed by atoms with Crippen LogP contribution in [-0.2, 0) is 6.42 Å². The Kier molecular flexibility index (Phi) is 4.69. The Hall–Kier alpha value is -2.69. The summed E-state index contributed by atoms with van der Waals surface area (Å²) in [4.78, 5) is 26.6. The van der Waals surface area contributed by atoms with Crippen molar-refractivity contribution in [2.75, 3.05) is 7.05 Å². The fraction of sp³-hybridized carbons (Fsp3) is 0.381. The number of hydrogen-bond donors (Lipinski definition) is 1. The number of carbonyl (C=O) groups excluding carboxylic acids is 1. The van der Waals surface area contributed by atoms with Gasteiger partial charge in [-0.1, -0.05) is 31.4 Å². The number of aromatic nitrogens is 3. The number of benzene rings is 1. The molecule has 5 nitrogen and oxygen atoms in total. The van der Waals surface area contributed by atoms with Crippen LogP contribution in [0.1, 0.15) is 53.7 Å². The fourth-order valence-electron chi connectivity index (χ4n) is 3.85. The summed E-state index contributed by atoms with van der Waals surface area (Å²) in [6.45, 7) is 0. The summed E-state index contributed by atoms with van der Waals surface area (Å²) >= 11 is 0. The molecule has 1 aliphatic carbocycles. The lowest BCUT2D eigenvalue weighted by molar-refractivity contribution is 0.0696. The molecule has 0 atom stereocenters. The first-order valence-electron chi connectivity index (χ1n) is 9.35. The standard InChI is InChI=1S/C21H24N4O/c1-25(17-5-3-2-4-6-17)21(26)16-9-7-15(8-10-16)13-19-20-18(11-12-22-19)23-14-24-20/h7-12,14,17H,2-6,13H2,1H3,(H,23,24). The van der Waals surface area contributed by atoms with Crippen LogP contribution in [0.4, 0.5) is 0 Å². The summed E-state index contributed by atoms with van der Waals surface area (Å²) in [7, 11) is 1.94. The van der Waals surface area contributed by atoms with Gasteiger partial charge in [0.15, 0.2) is 0 Å². The van der Waals surface area contributed by atoms with E-state index in [-0.39, 0.29) is 5.91 Å². The first-order valence-corrected chi connectivity index (χ1v) is 9.35. The number of rotatable bonds is 4. The predicted octanol–water partition coefficient (Wildman–Crippen LogP) is 3.95. The molecule has 1 saturated carbocycles. The number of aromatic amines is 1. The number of H-pyrrole nitrogens is 1. The number of carbonyl (C=O) groups is 1. The van der Waals surface area contributed by atoms with Crippen LogP contribution in [0.3, 0.4) is 0 Å². The zero-order chi connectivity index (χ0) is 17.9. The average molecular weight is 348 g/mol. The van der Waals surface area contributed by atoms with Gasteiger partial charge in [0.1, 0.15) is 5.52 Å². The molecule has 0 aliphatic heterocycles. The summed E-state index contributed by atoms with van der Waals surface area (Å²) in [6, 6.07) is 10.2. The Morgan fingerprint density at radius 2 is 1.88 bits per heavy atom. The molecule has 5 heteroatoms. The number of nitrogens with zero attached hydrogens (tertiary/aromatic N) is 3. The molecule has 3 aromatic rings. The zero-order valence-corrected chi connectivity index (χ0v) is 15.1. The Morgan fingerprint density at radius 1 is 1.12 bits per heavy atom. The van der Waals surface area contributed by atoms with Crippen LogP contribution in [0.25, 0.3) is 11.0 Å². The van der Waals surface area contributed by atoms with E-state index in [1.807, 2.05) is 42.3 Å². The maximum Gasteiger partial charge on any atom is 0.253 e. The van der Waals surface area contributed by atoms with E-state index < -0.39 is 0 Å². The molecule has 1 aromatic carbocycles. The van der Waals surface area contributed by atoms with Gasteiger partial charge in [0.2, 0.25) is 0 Å². The van der Waals surface area contributed by atoms with E-state index in [9.17, 15) is 4.79 Å². The molecule has 0 saturated heterocycles. The quantitative estimate of drug-likeness (QED) is 0.776. The maximum absolute atomic E-state index is 12.8. The molecule has 0 radical (unpaired) electrons. The van der Waals surface area contributed by atoms with E-state index in [1.54, 1.807) is 12.5 Å². The number of amides is 1. The number of fused-ring (bicyclic) bond motifs is 1. The average Bonchev–Trinajstić information content (AvgIpc) is 3.18. The molecular weight excluding hydrogens is 324 g/mol. The van der Waals surface area contributed by atoms with E-state index in [1.165, 1.54) is 19.3 Å². The second-order valence-corrected chi connectivity index (χ2v) is 7.14. The minimum atomic E-state index is 0.121. The molecule has 1 N–H and O–H groups in total. The molecule has 0 bridgehead atoms. The third kappa shape index (κ3) is 3.34. The maximum atomic E-state index is 12.8. The summed E-state index contributed by atoms with van der Waals surface area (Å²) in [5.74, 6) is 0.121. The van der Waals surface area contributed by atoms with Crippen LogP contribution in [0, 0.1) is 0 Å². The number of imidazole rings is 1. The van der Waals surface area contributed by atoms with E-state index in [0.29, 0.717) is 12.5 Å². The molecular formula is C21H24N4O. The first kappa shape index (κ1) is 16.8. The zero-order valence-electron chi connectivity index (χ0n) is 15.1. The van der Waals surface area contributed by atoms with Crippen molar-refractivity contribution in [1.29, 1.82) is 0 Å². The lowest BCUT2D eigenvalue weighted by Gasteiger charge is -2.31. The lowest BCUT2D eigenvalue weighted by Crippen LogP contribution is -2.38. The number of hydrogen-bond acceptors (Lipinski definition) is 3. The van der Waals surface area contributed by atoms with Crippen LogP contribution in [0.15, 0.2) is 42.9 Å². The first-order chi connectivity index (χ1) is 12.7. The van der Waals surface area contributed by atoms with Gasteiger partial charge in [0.05, 0.1) is 17.5 Å². The summed E-state index contributed by atoms with van der Waals surface area (Å²) in [6.07, 6.45) is 10.2. The summed E-state index contributed by atoms with van der Waals surface area (Å²) in [5.41, 5.74) is 4.74. The van der Waals surface area contributed by atoms with Crippen LogP contribution in [-0.4, -0.2) is 38.8 Å². The third-order valence-corrected chi connectivity index (χ3v) is 5.43. The van der Waals surface area contributed by atoms with Gasteiger partial charge in [-0.15, -0.1) is 0 Å². The van der Waals surface area contributed by atoms with E-state index >= 15 is 0 Å². The van der Waals surface area contributed by atoms with Gasteiger partial charge in [0, 0.05) is 31.3 Å². The number of pyridine rings is 1. The fourth-order valence-corrected chi connectivity index (χ4v) is 3.85. The minimum Gasteiger partial charge on any atom is -0.344 e. The van der Waals surface area contributed by atoms with Crippen LogP contribution < -0.4 is 0 Å². The van der Waals surface area contributed by atoms with Gasteiger partial charge in [0.25, 0.3) is 5.91 Å². The lowest BCUT2D eigenvalue weighted by atomic mass is 9.94. The van der Waals surface area contributed by atoms with Crippen molar-refractivity contribution in [2.45, 2.75) is 44.6 Å². The largest absolute Gasteiger partial charge is 0.344 e. The van der Waals surface area contributed by atoms with Gasteiger partial charge < -0.3 is 9.88 Å². The van der Waals surface area contributed by atoms with Crippen LogP contribution in [0.5, 0.6) is 0 Å². The van der Waals surface area contributed by atoms with E-state index in [0.717, 1.165) is 40.7 Å². The number of nitrogens with one attached hydrogen (secondary N) is 1. The highest BCUT2D eigenvalue weighted by molar-refractivity contribution is 5.94. The second-order valence-electron chi connectivity index (χ2n) is 7.14. The smallest absolute Gasteiger partial charge is 0.253 e. The molecule has 2 heterocycles. The van der Waals surface area contributed by atoms with Gasteiger partial charge in [-0.25, -0.2) is 4.98 Å². The van der Waals surface area contributed by atoms with Crippen molar-refractivity contribution in [1.82, 2.24) is 19.9 Å². The van der Waals surface area contributed by atoms with Crippen LogP contribution >= 0.6 is 0 Å². The van der Waals surface area contributed by atoms with Crippen molar-refractivity contribution < 1.29 is 4.79 Å². The van der Waals surface area contributed by atoms with Crippen molar-refractivity contribution in [2.24, 2.45) is 0 Å². The predicted molar refractivity (Wildman–Crippen MR) is 102 cm³/mol. The van der Waals surface area contributed by atoms with Gasteiger partial charge in [-0.2, -0.15) is 0 Å². The summed E-state index contributed by atoms with van der Waals surface area (Å²) in [5, 5.41) is 0.